The summed E-state index contributed by atoms with van der Waals surface area (Å²) in [4.78, 5) is 4.92. The molecule has 7 heteroatoms. The highest BCUT2D eigenvalue weighted by Gasteiger charge is 2.16. The van der Waals surface area contributed by atoms with E-state index in [1.807, 2.05) is 36.4 Å². The maximum Gasteiger partial charge on any atom is 0.122 e. The lowest BCUT2D eigenvalue weighted by Gasteiger charge is -2.36. The predicted octanol–water partition coefficient (Wildman–Crippen LogP) is 2.63. The summed E-state index contributed by atoms with van der Waals surface area (Å²) in [7, 11) is 0. The average molecular weight is 409 g/mol. The molecule has 0 unspecified atom stereocenters. The summed E-state index contributed by atoms with van der Waals surface area (Å²) in [5.41, 5.74) is 13.7. The number of nitrogens with zero attached hydrogens (tertiary/aromatic N) is 2. The molecule has 0 amide bonds. The highest BCUT2D eigenvalue weighted by molar-refractivity contribution is 5.95. The summed E-state index contributed by atoms with van der Waals surface area (Å²) in [6.07, 6.45) is 3.37. The molecule has 0 bridgehead atoms. The molecule has 6 N–H and O–H groups in total. The van der Waals surface area contributed by atoms with E-state index in [2.05, 4.69) is 21.9 Å². The van der Waals surface area contributed by atoms with Crippen molar-refractivity contribution in [3.05, 3.63) is 59.7 Å². The number of nitrogen functional groups attached to an aromatic ring is 2. The molecule has 0 aromatic heterocycles. The molecule has 0 saturated carbocycles. The van der Waals surface area contributed by atoms with E-state index in [-0.39, 0.29) is 11.7 Å². The van der Waals surface area contributed by atoms with Crippen LogP contribution >= 0.6 is 0 Å². The van der Waals surface area contributed by atoms with Gasteiger partial charge in [-0.25, -0.2) is 0 Å². The van der Waals surface area contributed by atoms with Gasteiger partial charge in [0.2, 0.25) is 0 Å². The van der Waals surface area contributed by atoms with E-state index < -0.39 is 0 Å². The molecular formula is C23H32N6O. The second-order valence-corrected chi connectivity index (χ2v) is 7.64. The SMILES string of the molecule is N=C(N)c1ccc(OCCCCCN2CCN(c3ccc(C(=N)N)cc3)CC2)cc1. The second-order valence-electron chi connectivity index (χ2n) is 7.64. The zero-order chi connectivity index (χ0) is 21.3. The van der Waals surface area contributed by atoms with Crippen LogP contribution < -0.4 is 21.1 Å². The maximum atomic E-state index is 7.49. The Bertz CT molecular complexity index is 826. The van der Waals surface area contributed by atoms with Crippen LogP contribution in [0.25, 0.3) is 0 Å². The Kier molecular flexibility index (Phi) is 7.68. The Balaban J connectivity index is 1.28. The quantitative estimate of drug-likeness (QED) is 0.274. The first-order chi connectivity index (χ1) is 14.5. The van der Waals surface area contributed by atoms with Gasteiger partial charge >= 0.3 is 0 Å². The van der Waals surface area contributed by atoms with Crippen LogP contribution in [-0.4, -0.2) is 55.9 Å². The van der Waals surface area contributed by atoms with Crippen LogP contribution in [0.3, 0.4) is 0 Å². The Hall–Kier alpha value is -3.06. The normalized spacial score (nSPS) is 14.5. The van der Waals surface area contributed by atoms with E-state index >= 15 is 0 Å². The zero-order valence-electron chi connectivity index (χ0n) is 17.4. The first kappa shape index (κ1) is 21.6. The van der Waals surface area contributed by atoms with Crippen molar-refractivity contribution in [1.82, 2.24) is 4.90 Å². The number of ether oxygens (including phenoxy) is 1. The molecule has 1 aliphatic rings. The zero-order valence-corrected chi connectivity index (χ0v) is 17.4. The monoisotopic (exact) mass is 408 g/mol. The fraction of sp³-hybridized carbons (Fsp3) is 0.391. The number of hydrogen-bond acceptors (Lipinski definition) is 5. The molecule has 2 aromatic rings. The van der Waals surface area contributed by atoms with Gasteiger partial charge in [-0.3, -0.25) is 15.7 Å². The van der Waals surface area contributed by atoms with E-state index in [4.69, 9.17) is 27.0 Å². The van der Waals surface area contributed by atoms with Crippen molar-refractivity contribution in [2.24, 2.45) is 11.5 Å². The molecule has 30 heavy (non-hydrogen) atoms. The third-order valence-electron chi connectivity index (χ3n) is 5.47. The number of nitrogens with two attached hydrogens (primary N) is 2. The fourth-order valence-electron chi connectivity index (χ4n) is 3.62. The number of amidine groups is 2. The van der Waals surface area contributed by atoms with Crippen LogP contribution in [-0.2, 0) is 0 Å². The van der Waals surface area contributed by atoms with Gasteiger partial charge in [-0.15, -0.1) is 0 Å². The lowest BCUT2D eigenvalue weighted by Crippen LogP contribution is -2.46. The van der Waals surface area contributed by atoms with Crippen LogP contribution in [0.5, 0.6) is 5.75 Å². The van der Waals surface area contributed by atoms with E-state index in [1.54, 1.807) is 0 Å². The van der Waals surface area contributed by atoms with Gasteiger partial charge in [0.15, 0.2) is 0 Å². The van der Waals surface area contributed by atoms with Crippen LogP contribution in [0.4, 0.5) is 5.69 Å². The molecule has 160 valence electrons. The van der Waals surface area contributed by atoms with E-state index in [0.29, 0.717) is 6.61 Å². The molecule has 0 atom stereocenters. The van der Waals surface area contributed by atoms with Gasteiger partial charge in [-0.2, -0.15) is 0 Å². The lowest BCUT2D eigenvalue weighted by molar-refractivity contribution is 0.246. The minimum absolute atomic E-state index is 0.0771. The molecule has 3 rings (SSSR count). The molecule has 7 nitrogen and oxygen atoms in total. The maximum absolute atomic E-state index is 7.49. The van der Waals surface area contributed by atoms with E-state index in [9.17, 15) is 0 Å². The van der Waals surface area contributed by atoms with Crippen molar-refractivity contribution in [2.45, 2.75) is 19.3 Å². The molecule has 0 spiro atoms. The molecule has 2 aromatic carbocycles. The molecular weight excluding hydrogens is 376 g/mol. The van der Waals surface area contributed by atoms with Gasteiger partial charge in [-0.1, -0.05) is 0 Å². The third-order valence-corrected chi connectivity index (χ3v) is 5.47. The van der Waals surface area contributed by atoms with E-state index in [0.717, 1.165) is 62.4 Å². The largest absolute Gasteiger partial charge is 0.494 e. The number of rotatable bonds is 10. The molecule has 0 aliphatic carbocycles. The first-order valence-corrected chi connectivity index (χ1v) is 10.5. The summed E-state index contributed by atoms with van der Waals surface area (Å²) < 4.78 is 5.77. The van der Waals surface area contributed by atoms with Crippen molar-refractivity contribution in [1.29, 1.82) is 10.8 Å². The first-order valence-electron chi connectivity index (χ1n) is 10.5. The average Bonchev–Trinajstić information content (AvgIpc) is 2.77. The van der Waals surface area contributed by atoms with Crippen molar-refractivity contribution >= 4 is 17.4 Å². The number of anilines is 1. The van der Waals surface area contributed by atoms with Crippen molar-refractivity contribution in [3.8, 4) is 5.75 Å². The summed E-state index contributed by atoms with van der Waals surface area (Å²) >= 11 is 0. The molecule has 1 saturated heterocycles. The topological polar surface area (TPSA) is 115 Å². The van der Waals surface area contributed by atoms with Gasteiger partial charge in [0, 0.05) is 43.0 Å². The summed E-state index contributed by atoms with van der Waals surface area (Å²) in [6.45, 7) is 6.05. The Labute approximate surface area is 178 Å². The third kappa shape index (κ3) is 6.22. The highest BCUT2D eigenvalue weighted by Crippen LogP contribution is 2.18. The number of unbranched alkanes of at least 4 members (excludes halogenated alkanes) is 2. The van der Waals surface area contributed by atoms with Gasteiger partial charge in [0.25, 0.3) is 0 Å². The number of nitrogens with one attached hydrogen (secondary N) is 2. The second kappa shape index (κ2) is 10.6. The lowest BCUT2D eigenvalue weighted by atomic mass is 10.1. The summed E-state index contributed by atoms with van der Waals surface area (Å²) in [5.74, 6) is 1.02. The minimum Gasteiger partial charge on any atom is -0.494 e. The van der Waals surface area contributed by atoms with Crippen molar-refractivity contribution < 1.29 is 4.74 Å². The fourth-order valence-corrected chi connectivity index (χ4v) is 3.62. The van der Waals surface area contributed by atoms with Crippen LogP contribution in [0.2, 0.25) is 0 Å². The Morgan fingerprint density at radius 2 is 1.33 bits per heavy atom. The number of piperazine rings is 1. The molecule has 1 heterocycles. The van der Waals surface area contributed by atoms with Crippen LogP contribution in [0, 0.1) is 10.8 Å². The predicted molar refractivity (Wildman–Crippen MR) is 123 cm³/mol. The van der Waals surface area contributed by atoms with Gasteiger partial charge in [-0.05, 0) is 74.3 Å². The molecule has 0 radical (unpaired) electrons. The van der Waals surface area contributed by atoms with E-state index in [1.165, 1.54) is 12.1 Å². The number of benzene rings is 2. The molecule has 1 aliphatic heterocycles. The minimum atomic E-state index is 0.0771. The smallest absolute Gasteiger partial charge is 0.122 e. The van der Waals surface area contributed by atoms with Gasteiger partial charge < -0.3 is 21.1 Å². The van der Waals surface area contributed by atoms with Gasteiger partial charge in [0.1, 0.15) is 17.4 Å². The summed E-state index contributed by atoms with van der Waals surface area (Å²) in [6, 6.07) is 15.3. The van der Waals surface area contributed by atoms with Crippen molar-refractivity contribution in [3.63, 3.8) is 0 Å². The highest BCUT2D eigenvalue weighted by atomic mass is 16.5. The number of hydrogen-bond donors (Lipinski definition) is 4. The van der Waals surface area contributed by atoms with Gasteiger partial charge in [0.05, 0.1) is 6.61 Å². The Morgan fingerprint density at radius 1 is 0.767 bits per heavy atom. The molecule has 1 fully saturated rings. The van der Waals surface area contributed by atoms with Crippen LogP contribution in [0.15, 0.2) is 48.5 Å². The van der Waals surface area contributed by atoms with Crippen molar-refractivity contribution in [2.75, 3.05) is 44.2 Å². The standard InChI is InChI=1S/C23H32N6O/c24-22(25)18-4-8-20(9-5-18)29-15-13-28(14-16-29)12-2-1-3-17-30-21-10-6-19(7-11-21)23(26)27/h4-11H,1-3,12-17H2,(H3,24,25)(H3,26,27). The Morgan fingerprint density at radius 3 is 1.90 bits per heavy atom. The summed E-state index contributed by atoms with van der Waals surface area (Å²) in [5, 5.41) is 14.9. The van der Waals surface area contributed by atoms with Crippen LogP contribution in [0.1, 0.15) is 30.4 Å².